The molecule has 0 bridgehead atoms. The van der Waals surface area contributed by atoms with Gasteiger partial charge in [-0.15, -0.1) is 5.10 Å². The number of aromatic nitrogens is 4. The molecule has 100 valence electrons. The predicted octanol–water partition coefficient (Wildman–Crippen LogP) is 0.809. The maximum atomic E-state index is 11.2. The monoisotopic (exact) mass is 254 g/mol. The van der Waals surface area contributed by atoms with Gasteiger partial charge in [0.2, 0.25) is 0 Å². The van der Waals surface area contributed by atoms with E-state index < -0.39 is 17.0 Å². The summed E-state index contributed by atoms with van der Waals surface area (Å²) in [5.41, 5.74) is -1.27. The normalized spacial score (nSPS) is 20.4. The fourth-order valence-corrected chi connectivity index (χ4v) is 1.96. The van der Waals surface area contributed by atoms with Gasteiger partial charge in [-0.05, 0) is 36.6 Å². The molecule has 1 heterocycles. The van der Waals surface area contributed by atoms with E-state index in [1.54, 1.807) is 11.8 Å². The zero-order valence-electron chi connectivity index (χ0n) is 10.9. The van der Waals surface area contributed by atoms with E-state index >= 15 is 0 Å². The Labute approximate surface area is 105 Å². The number of hydrogen-bond acceptors (Lipinski definition) is 5. The summed E-state index contributed by atoms with van der Waals surface area (Å²) >= 11 is 0. The third-order valence-electron chi connectivity index (χ3n) is 3.89. The number of aliphatic carboxylic acids is 1. The first-order chi connectivity index (χ1) is 8.47. The van der Waals surface area contributed by atoms with E-state index in [9.17, 15) is 9.90 Å². The molecule has 1 aromatic rings. The van der Waals surface area contributed by atoms with Crippen molar-refractivity contribution in [2.24, 2.45) is 5.41 Å². The first-order valence-corrected chi connectivity index (χ1v) is 6.02. The number of carbonyl (C=O) groups is 1. The van der Waals surface area contributed by atoms with Crippen LogP contribution >= 0.6 is 0 Å². The molecule has 1 unspecified atom stereocenters. The summed E-state index contributed by atoms with van der Waals surface area (Å²) in [7, 11) is 1.60. The van der Waals surface area contributed by atoms with Crippen molar-refractivity contribution in [3.63, 3.8) is 0 Å². The summed E-state index contributed by atoms with van der Waals surface area (Å²) in [6, 6.07) is 0. The molecule has 0 spiro atoms. The molecule has 18 heavy (non-hydrogen) atoms. The summed E-state index contributed by atoms with van der Waals surface area (Å²) in [5.74, 6) is -0.195. The molecule has 7 heteroatoms. The molecule has 2 rings (SSSR count). The Bertz CT molecular complexity index is 449. The van der Waals surface area contributed by atoms with Crippen molar-refractivity contribution < 1.29 is 14.6 Å². The van der Waals surface area contributed by atoms with Crippen molar-refractivity contribution in [3.8, 4) is 0 Å². The van der Waals surface area contributed by atoms with Crippen LogP contribution in [0, 0.1) is 5.41 Å². The number of carboxylic acids is 1. The van der Waals surface area contributed by atoms with Gasteiger partial charge < -0.3 is 9.84 Å². The van der Waals surface area contributed by atoms with Gasteiger partial charge in [0.1, 0.15) is 5.60 Å². The minimum atomic E-state index is -0.778. The first-order valence-electron chi connectivity index (χ1n) is 6.02. The Hall–Kier alpha value is -1.50. The van der Waals surface area contributed by atoms with Crippen molar-refractivity contribution >= 4 is 5.97 Å². The van der Waals surface area contributed by atoms with E-state index in [4.69, 9.17) is 4.74 Å². The maximum Gasteiger partial charge on any atom is 0.311 e. The number of hydrogen-bond donors (Lipinski definition) is 1. The number of ether oxygens (including phenoxy) is 1. The molecular formula is C11H18N4O3. The largest absolute Gasteiger partial charge is 0.481 e. The highest BCUT2D eigenvalue weighted by Crippen LogP contribution is 2.47. The number of tetrazole rings is 1. The second-order valence-electron chi connectivity index (χ2n) is 5.03. The van der Waals surface area contributed by atoms with E-state index in [1.165, 1.54) is 0 Å². The minimum absolute atomic E-state index is 0.309. The lowest BCUT2D eigenvalue weighted by Gasteiger charge is -2.25. The fraction of sp³-hybridized carbons (Fsp3) is 0.818. The lowest BCUT2D eigenvalue weighted by molar-refractivity contribution is -0.144. The van der Waals surface area contributed by atoms with Crippen LogP contribution < -0.4 is 0 Å². The third-order valence-corrected chi connectivity index (χ3v) is 3.89. The molecular weight excluding hydrogens is 236 g/mol. The molecule has 0 radical (unpaired) electrons. The van der Waals surface area contributed by atoms with Crippen LogP contribution in [0.5, 0.6) is 0 Å². The summed E-state index contributed by atoms with van der Waals surface area (Å²) in [6.07, 6.45) is 2.07. The zero-order valence-corrected chi connectivity index (χ0v) is 10.9. The highest BCUT2D eigenvalue weighted by molar-refractivity contribution is 5.77. The van der Waals surface area contributed by atoms with Crippen LogP contribution in [0.1, 0.15) is 38.9 Å². The molecule has 1 N–H and O–H groups in total. The van der Waals surface area contributed by atoms with Crippen LogP contribution in [0.3, 0.4) is 0 Å². The third kappa shape index (κ3) is 1.98. The van der Waals surface area contributed by atoms with Crippen molar-refractivity contribution in [2.75, 3.05) is 7.11 Å². The van der Waals surface area contributed by atoms with Crippen LogP contribution in [0.25, 0.3) is 0 Å². The number of nitrogens with zero attached hydrogens (tertiary/aromatic N) is 4. The lowest BCUT2D eigenvalue weighted by Crippen LogP contribution is -2.31. The van der Waals surface area contributed by atoms with Gasteiger partial charge in [-0.1, -0.05) is 6.92 Å². The van der Waals surface area contributed by atoms with E-state index in [0.717, 1.165) is 0 Å². The molecule has 1 aliphatic rings. The van der Waals surface area contributed by atoms with Gasteiger partial charge in [0.25, 0.3) is 0 Å². The first kappa shape index (κ1) is 12.9. The smallest absolute Gasteiger partial charge is 0.311 e. The fourth-order valence-electron chi connectivity index (χ4n) is 1.96. The van der Waals surface area contributed by atoms with E-state index in [1.807, 2.05) is 13.8 Å². The molecule has 7 nitrogen and oxygen atoms in total. The number of methoxy groups -OCH3 is 1. The number of rotatable bonds is 6. The van der Waals surface area contributed by atoms with Gasteiger partial charge >= 0.3 is 5.97 Å². The van der Waals surface area contributed by atoms with Crippen molar-refractivity contribution in [2.45, 2.75) is 45.3 Å². The van der Waals surface area contributed by atoms with Crippen LogP contribution in [0.15, 0.2) is 0 Å². The van der Waals surface area contributed by atoms with Gasteiger partial charge in [0.05, 0.1) is 12.0 Å². The van der Waals surface area contributed by atoms with E-state index in [2.05, 4.69) is 15.5 Å². The summed E-state index contributed by atoms with van der Waals surface area (Å²) in [4.78, 5) is 11.2. The van der Waals surface area contributed by atoms with Gasteiger partial charge in [-0.2, -0.15) is 0 Å². The van der Waals surface area contributed by atoms with E-state index in [-0.39, 0.29) is 0 Å². The van der Waals surface area contributed by atoms with Crippen LogP contribution in [0.2, 0.25) is 0 Å². The Morgan fingerprint density at radius 3 is 2.72 bits per heavy atom. The molecule has 0 saturated heterocycles. The summed E-state index contributed by atoms with van der Waals surface area (Å²) in [5, 5.41) is 20.7. The molecule has 1 aliphatic carbocycles. The van der Waals surface area contributed by atoms with Gasteiger partial charge in [-0.25, -0.2) is 4.68 Å². The van der Waals surface area contributed by atoms with Crippen molar-refractivity contribution in [1.82, 2.24) is 20.2 Å². The Kier molecular flexibility index (Phi) is 3.10. The second kappa shape index (κ2) is 4.31. The van der Waals surface area contributed by atoms with E-state index in [0.29, 0.717) is 31.6 Å². The van der Waals surface area contributed by atoms with Crippen molar-refractivity contribution in [1.29, 1.82) is 0 Å². The second-order valence-corrected chi connectivity index (χ2v) is 5.03. The summed E-state index contributed by atoms with van der Waals surface area (Å²) < 4.78 is 7.02. The molecule has 0 aromatic carbocycles. The standard InChI is InChI=1S/C11H18N4O3/c1-4-10(2,18-3)8-12-13-14-15(8)7-11(5-6-11)9(16)17/h4-7H2,1-3H3,(H,16,17). The minimum Gasteiger partial charge on any atom is -0.481 e. The van der Waals surface area contributed by atoms with Crippen LogP contribution in [0.4, 0.5) is 0 Å². The average molecular weight is 254 g/mol. The Morgan fingerprint density at radius 1 is 1.61 bits per heavy atom. The quantitative estimate of drug-likeness (QED) is 0.807. The molecule has 0 amide bonds. The van der Waals surface area contributed by atoms with Crippen LogP contribution in [-0.4, -0.2) is 38.4 Å². The van der Waals surface area contributed by atoms with Gasteiger partial charge in [-0.3, -0.25) is 4.79 Å². The highest BCUT2D eigenvalue weighted by atomic mass is 16.5. The van der Waals surface area contributed by atoms with Gasteiger partial charge in [0.15, 0.2) is 5.82 Å². The molecule has 1 atom stereocenters. The highest BCUT2D eigenvalue weighted by Gasteiger charge is 2.51. The molecule has 1 aromatic heterocycles. The SMILES string of the molecule is CCC(C)(OC)c1nnnn1CC1(C(=O)O)CC1. The topological polar surface area (TPSA) is 90.1 Å². The maximum absolute atomic E-state index is 11.2. The van der Waals surface area contributed by atoms with Crippen molar-refractivity contribution in [3.05, 3.63) is 5.82 Å². The summed E-state index contributed by atoms with van der Waals surface area (Å²) in [6.45, 7) is 4.19. The number of carboxylic acid groups (broad SMARTS) is 1. The average Bonchev–Trinajstić information content (AvgIpc) is 3.00. The zero-order chi connectivity index (χ0) is 13.4. The molecule has 1 fully saturated rings. The molecule has 0 aliphatic heterocycles. The Morgan fingerprint density at radius 2 is 2.28 bits per heavy atom. The van der Waals surface area contributed by atoms with Gasteiger partial charge in [0, 0.05) is 7.11 Å². The lowest BCUT2D eigenvalue weighted by atomic mass is 10.0. The Balaban J connectivity index is 2.26. The van der Waals surface area contributed by atoms with Crippen LogP contribution in [-0.2, 0) is 21.7 Å². The molecule has 1 saturated carbocycles. The predicted molar refractivity (Wildman–Crippen MR) is 61.8 cm³/mol.